The van der Waals surface area contributed by atoms with Gasteiger partial charge in [0, 0.05) is 0 Å². The van der Waals surface area contributed by atoms with Crippen LogP contribution < -0.4 is 11.3 Å². The summed E-state index contributed by atoms with van der Waals surface area (Å²) in [5.41, 5.74) is 6.29. The van der Waals surface area contributed by atoms with Crippen LogP contribution in [0.3, 0.4) is 0 Å². The van der Waals surface area contributed by atoms with Crippen molar-refractivity contribution in [3.05, 3.63) is 63.5 Å². The second-order valence-electron chi connectivity index (χ2n) is 4.15. The Kier molecular flexibility index (Phi) is 3.14. The van der Waals surface area contributed by atoms with Crippen molar-refractivity contribution in [2.24, 2.45) is 0 Å². The molecule has 0 saturated carbocycles. The van der Waals surface area contributed by atoms with E-state index < -0.39 is 0 Å². The number of benzene rings is 1. The maximum absolute atomic E-state index is 11.5. The molecule has 6 nitrogen and oxygen atoms in total. The Morgan fingerprint density at radius 1 is 1.15 bits per heavy atom. The van der Waals surface area contributed by atoms with E-state index in [9.17, 15) is 4.79 Å². The summed E-state index contributed by atoms with van der Waals surface area (Å²) in [5, 5.41) is 0. The molecule has 0 aliphatic carbocycles. The molecule has 3 aromatic rings. The van der Waals surface area contributed by atoms with Crippen LogP contribution in [0.4, 0.5) is 5.95 Å². The van der Waals surface area contributed by atoms with E-state index in [0.29, 0.717) is 5.82 Å². The molecule has 0 saturated heterocycles. The predicted molar refractivity (Wildman–Crippen MR) is 76.9 cm³/mol. The molecule has 0 spiro atoms. The second-order valence-corrected chi connectivity index (χ2v) is 4.91. The van der Waals surface area contributed by atoms with Crippen LogP contribution in [0.15, 0.2) is 53.6 Å². The molecule has 2 heterocycles. The van der Waals surface area contributed by atoms with Gasteiger partial charge in [-0.2, -0.15) is 0 Å². The van der Waals surface area contributed by atoms with Crippen LogP contribution in [-0.2, 0) is 0 Å². The number of para-hydroxylation sites is 1. The van der Waals surface area contributed by atoms with E-state index in [1.165, 1.54) is 6.07 Å². The zero-order valence-electron chi connectivity index (χ0n) is 10.4. The summed E-state index contributed by atoms with van der Waals surface area (Å²) in [6.45, 7) is 0. The van der Waals surface area contributed by atoms with E-state index in [1.807, 2.05) is 47.3 Å². The summed E-state index contributed by atoms with van der Waals surface area (Å²) in [7, 11) is 0. The van der Waals surface area contributed by atoms with Crippen molar-refractivity contribution < 1.29 is 0 Å². The standard InChI is InChI=1S/C13H11N5OSe/c14-12-15-10(8-11(19)16-12)18-7-6-17(13(18)20)9-4-2-1-3-5-9/h1-8H,(H3,14,15,16,19). The fraction of sp³-hybridized carbons (Fsp3) is 0. The summed E-state index contributed by atoms with van der Waals surface area (Å²) in [6, 6.07) is 11.3. The van der Waals surface area contributed by atoms with E-state index in [2.05, 4.69) is 25.5 Å². The minimum atomic E-state index is -0.285. The first-order valence-corrected chi connectivity index (χ1v) is 6.73. The Bertz CT molecular complexity index is 862. The maximum atomic E-state index is 11.5. The van der Waals surface area contributed by atoms with Crippen molar-refractivity contribution in [1.82, 2.24) is 19.1 Å². The number of nitrogens with one attached hydrogen (secondary N) is 1. The van der Waals surface area contributed by atoms with Crippen LogP contribution in [0.5, 0.6) is 0 Å². The molecule has 0 amide bonds. The van der Waals surface area contributed by atoms with Crippen LogP contribution in [0.25, 0.3) is 11.5 Å². The fourth-order valence-corrected chi connectivity index (χ4v) is 2.60. The Balaban J connectivity index is 2.16. The summed E-state index contributed by atoms with van der Waals surface area (Å²) in [6.07, 6.45) is 3.71. The predicted octanol–water partition coefficient (Wildman–Crippen LogP) is 0.634. The van der Waals surface area contributed by atoms with Crippen molar-refractivity contribution in [1.29, 1.82) is 0 Å². The van der Waals surface area contributed by atoms with E-state index >= 15 is 0 Å². The minimum absolute atomic E-state index is 0.0897. The van der Waals surface area contributed by atoms with Crippen molar-refractivity contribution in [2.75, 3.05) is 5.73 Å². The molecule has 0 aliphatic heterocycles. The van der Waals surface area contributed by atoms with Gasteiger partial charge in [-0.15, -0.1) is 0 Å². The average molecular weight is 332 g/mol. The number of nitrogens with zero attached hydrogens (tertiary/aromatic N) is 3. The molecule has 0 aliphatic rings. The zero-order valence-corrected chi connectivity index (χ0v) is 12.1. The molecular weight excluding hydrogens is 321 g/mol. The Morgan fingerprint density at radius 2 is 1.85 bits per heavy atom. The summed E-state index contributed by atoms with van der Waals surface area (Å²) in [5.74, 6) is 0.557. The van der Waals surface area contributed by atoms with Gasteiger partial charge in [-0.3, -0.25) is 0 Å². The van der Waals surface area contributed by atoms with Gasteiger partial charge >= 0.3 is 121 Å². The number of aromatic nitrogens is 4. The van der Waals surface area contributed by atoms with E-state index in [1.54, 1.807) is 4.57 Å². The number of anilines is 1. The third-order valence-electron chi connectivity index (χ3n) is 2.80. The number of hydrogen-bond donors (Lipinski definition) is 2. The first-order chi connectivity index (χ1) is 9.65. The van der Waals surface area contributed by atoms with Crippen LogP contribution in [0.2, 0.25) is 0 Å². The zero-order chi connectivity index (χ0) is 14.1. The summed E-state index contributed by atoms with van der Waals surface area (Å²) in [4.78, 5) is 18.0. The molecular formula is C13H11N5OSe. The van der Waals surface area contributed by atoms with Crippen molar-refractivity contribution in [3.63, 3.8) is 0 Å². The molecule has 20 heavy (non-hydrogen) atoms. The van der Waals surface area contributed by atoms with E-state index in [0.717, 1.165) is 10.0 Å². The molecule has 0 radical (unpaired) electrons. The van der Waals surface area contributed by atoms with Crippen molar-refractivity contribution in [2.45, 2.75) is 0 Å². The molecule has 100 valence electrons. The van der Waals surface area contributed by atoms with Gasteiger partial charge in [-0.25, -0.2) is 0 Å². The first-order valence-electron chi connectivity index (χ1n) is 5.88. The SMILES string of the molecule is Nc1nc(-n2ccn(-c3ccccc3)c2=[Se])cc(=O)[nH]1. The number of hydrogen-bond acceptors (Lipinski definition) is 3. The fourth-order valence-electron chi connectivity index (χ4n) is 1.92. The average Bonchev–Trinajstić information content (AvgIpc) is 2.80. The number of nitrogens with two attached hydrogens (primary N) is 1. The number of H-pyrrole nitrogens is 1. The number of imidazole rings is 1. The molecule has 3 N–H and O–H groups in total. The number of nitrogen functional groups attached to an aromatic ring is 1. The van der Waals surface area contributed by atoms with Gasteiger partial charge in [0.2, 0.25) is 0 Å². The summed E-state index contributed by atoms with van der Waals surface area (Å²) < 4.78 is 4.52. The molecule has 3 rings (SSSR count). The molecule has 1 aromatic carbocycles. The Hall–Kier alpha value is -2.37. The third kappa shape index (κ3) is 2.24. The molecule has 0 fully saturated rings. The van der Waals surface area contributed by atoms with E-state index in [-0.39, 0.29) is 11.5 Å². The van der Waals surface area contributed by atoms with Crippen molar-refractivity contribution in [3.8, 4) is 11.5 Å². The first kappa shape index (κ1) is 12.7. The van der Waals surface area contributed by atoms with Crippen LogP contribution in [-0.4, -0.2) is 34.7 Å². The molecule has 2 aromatic heterocycles. The number of aromatic amines is 1. The van der Waals surface area contributed by atoms with E-state index in [4.69, 9.17) is 5.73 Å². The quantitative estimate of drug-likeness (QED) is 0.676. The van der Waals surface area contributed by atoms with Gasteiger partial charge in [0.15, 0.2) is 0 Å². The van der Waals surface area contributed by atoms with Gasteiger partial charge in [-0.05, 0) is 0 Å². The number of rotatable bonds is 2. The van der Waals surface area contributed by atoms with Gasteiger partial charge in [0.05, 0.1) is 0 Å². The molecule has 0 bridgehead atoms. The Morgan fingerprint density at radius 3 is 2.55 bits per heavy atom. The van der Waals surface area contributed by atoms with Gasteiger partial charge < -0.3 is 0 Å². The van der Waals surface area contributed by atoms with Crippen LogP contribution in [0.1, 0.15) is 0 Å². The normalized spacial score (nSPS) is 10.6. The summed E-state index contributed by atoms with van der Waals surface area (Å²) >= 11 is 2.99. The monoisotopic (exact) mass is 333 g/mol. The topological polar surface area (TPSA) is 81.6 Å². The van der Waals surface area contributed by atoms with Gasteiger partial charge in [-0.1, -0.05) is 0 Å². The van der Waals surface area contributed by atoms with Gasteiger partial charge in [0.1, 0.15) is 0 Å². The molecule has 7 heteroatoms. The van der Waals surface area contributed by atoms with Crippen LogP contribution >= 0.6 is 0 Å². The van der Waals surface area contributed by atoms with Crippen LogP contribution in [0, 0.1) is 4.32 Å². The second kappa shape index (κ2) is 4.96. The molecule has 0 atom stereocenters. The van der Waals surface area contributed by atoms with Crippen molar-refractivity contribution >= 4 is 21.5 Å². The third-order valence-corrected chi connectivity index (χ3v) is 3.63. The van der Waals surface area contributed by atoms with Gasteiger partial charge in [0.25, 0.3) is 0 Å². The Labute approximate surface area is 121 Å². The molecule has 0 unspecified atom stereocenters.